The van der Waals surface area contributed by atoms with E-state index in [0.29, 0.717) is 17.1 Å². The number of hydrogen-bond acceptors (Lipinski definition) is 4. The Morgan fingerprint density at radius 2 is 2.14 bits per heavy atom. The van der Waals surface area contributed by atoms with Crippen LogP contribution in [0.4, 0.5) is 0 Å². The van der Waals surface area contributed by atoms with Gasteiger partial charge in [-0.1, -0.05) is 30.7 Å². The van der Waals surface area contributed by atoms with E-state index in [4.69, 9.17) is 4.63 Å². The predicted octanol–water partition coefficient (Wildman–Crippen LogP) is 2.52. The van der Waals surface area contributed by atoms with Crippen molar-refractivity contribution in [3.8, 4) is 11.3 Å². The Morgan fingerprint density at radius 3 is 2.86 bits per heavy atom. The summed E-state index contributed by atoms with van der Waals surface area (Å²) in [6, 6.07) is 7.88. The molecule has 1 aromatic carbocycles. The second kappa shape index (κ2) is 5.85. The second-order valence-corrected chi connectivity index (χ2v) is 6.05. The molecule has 0 amide bonds. The Kier molecular flexibility index (Phi) is 3.92. The molecular weight excluding hydrogens is 266 g/mol. The van der Waals surface area contributed by atoms with E-state index in [1.807, 2.05) is 31.2 Å². The van der Waals surface area contributed by atoms with Gasteiger partial charge in [-0.05, 0) is 49.7 Å². The van der Waals surface area contributed by atoms with E-state index in [-0.39, 0.29) is 0 Å². The van der Waals surface area contributed by atoms with E-state index in [1.165, 1.54) is 12.8 Å². The zero-order chi connectivity index (χ0) is 14.8. The summed E-state index contributed by atoms with van der Waals surface area (Å²) in [5.74, 6) is 0.791. The molecule has 1 aromatic heterocycles. The van der Waals surface area contributed by atoms with Crippen LogP contribution in [0.1, 0.15) is 31.0 Å². The summed E-state index contributed by atoms with van der Waals surface area (Å²) in [4.78, 5) is 2.87. The van der Waals surface area contributed by atoms with Gasteiger partial charge in [0.25, 0.3) is 0 Å². The number of aryl methyl sites for hydroxylation is 1. The first-order valence-electron chi connectivity index (χ1n) is 7.51. The molecule has 0 unspecified atom stereocenters. The Labute approximate surface area is 124 Å². The molecule has 0 N–H and O–H groups in total. The minimum absolute atomic E-state index is 0.524. The van der Waals surface area contributed by atoms with E-state index < -0.39 is 0 Å². The minimum Gasteiger partial charge on any atom is -0.359 e. The van der Waals surface area contributed by atoms with Gasteiger partial charge >= 0.3 is 0 Å². The van der Waals surface area contributed by atoms with Gasteiger partial charge in [-0.2, -0.15) is 0 Å². The van der Waals surface area contributed by atoms with E-state index in [2.05, 4.69) is 17.0 Å². The lowest BCUT2D eigenvalue weighted by atomic mass is 9.99. The first kappa shape index (κ1) is 14.1. The third-order valence-corrected chi connectivity index (χ3v) is 4.22. The Morgan fingerprint density at radius 1 is 1.38 bits per heavy atom. The van der Waals surface area contributed by atoms with Crippen molar-refractivity contribution in [2.24, 2.45) is 5.92 Å². The van der Waals surface area contributed by atoms with Crippen LogP contribution in [0.25, 0.3) is 11.3 Å². The fourth-order valence-electron chi connectivity index (χ4n) is 2.88. The number of nitrogens with zero attached hydrogens (tertiary/aromatic N) is 3. The number of rotatable bonds is 3. The highest BCUT2D eigenvalue weighted by atomic mass is 16.8. The third-order valence-electron chi connectivity index (χ3n) is 4.22. The molecule has 21 heavy (non-hydrogen) atoms. The van der Waals surface area contributed by atoms with Crippen LogP contribution in [0.2, 0.25) is 0 Å². The number of likely N-dealkylation sites (tertiary alicyclic amines) is 1. The van der Waals surface area contributed by atoms with Gasteiger partial charge in [0.15, 0.2) is 0 Å². The highest BCUT2D eigenvalue weighted by Crippen LogP contribution is 2.23. The molecular formula is C16H21N3O2. The average molecular weight is 287 g/mol. The van der Waals surface area contributed by atoms with Crippen LogP contribution < -0.4 is 4.90 Å². The Balaban J connectivity index is 1.84. The van der Waals surface area contributed by atoms with Crippen molar-refractivity contribution in [2.75, 3.05) is 13.1 Å². The molecule has 1 saturated heterocycles. The van der Waals surface area contributed by atoms with Crippen molar-refractivity contribution in [1.29, 1.82) is 0 Å². The van der Waals surface area contributed by atoms with Crippen molar-refractivity contribution < 1.29 is 9.53 Å². The molecule has 2 aromatic rings. The van der Waals surface area contributed by atoms with Gasteiger partial charge < -0.3 is 5.21 Å². The normalized spacial score (nSPS) is 17.2. The number of benzene rings is 1. The molecule has 1 aliphatic rings. The lowest BCUT2D eigenvalue weighted by molar-refractivity contribution is -0.793. The maximum absolute atomic E-state index is 11.9. The van der Waals surface area contributed by atoms with Crippen LogP contribution in [0.15, 0.2) is 28.9 Å². The fourth-order valence-corrected chi connectivity index (χ4v) is 2.88. The average Bonchev–Trinajstić information content (AvgIpc) is 2.82. The summed E-state index contributed by atoms with van der Waals surface area (Å²) in [5, 5.41) is 15.9. The summed E-state index contributed by atoms with van der Waals surface area (Å²) in [6.07, 6.45) is 2.41. The smallest absolute Gasteiger partial charge is 0.240 e. The zero-order valence-corrected chi connectivity index (χ0v) is 12.6. The maximum Gasteiger partial charge on any atom is 0.240 e. The largest absolute Gasteiger partial charge is 0.359 e. The molecule has 1 aliphatic heterocycles. The molecule has 0 radical (unpaired) electrons. The SMILES string of the molecule is Cc1cccc(-c2c(CN3CCC(C)CC3)no[n+]2[O-])c1. The van der Waals surface area contributed by atoms with Crippen LogP contribution in [0, 0.1) is 18.0 Å². The van der Waals surface area contributed by atoms with Crippen molar-refractivity contribution in [3.05, 3.63) is 40.7 Å². The van der Waals surface area contributed by atoms with Crippen LogP contribution in [-0.4, -0.2) is 23.1 Å². The molecule has 0 atom stereocenters. The highest BCUT2D eigenvalue weighted by Gasteiger charge is 2.25. The summed E-state index contributed by atoms with van der Waals surface area (Å²) in [6.45, 7) is 7.09. The van der Waals surface area contributed by atoms with Gasteiger partial charge in [-0.15, -0.1) is 0 Å². The monoisotopic (exact) mass is 287 g/mol. The maximum atomic E-state index is 11.9. The molecule has 0 aliphatic carbocycles. The summed E-state index contributed by atoms with van der Waals surface area (Å²) in [5.41, 5.74) is 3.25. The van der Waals surface area contributed by atoms with Crippen molar-refractivity contribution >= 4 is 0 Å². The van der Waals surface area contributed by atoms with E-state index in [0.717, 1.165) is 35.8 Å². The molecule has 1 fully saturated rings. The van der Waals surface area contributed by atoms with Crippen LogP contribution in [-0.2, 0) is 6.54 Å². The van der Waals surface area contributed by atoms with Gasteiger partial charge in [0.2, 0.25) is 11.4 Å². The first-order chi connectivity index (χ1) is 10.1. The third kappa shape index (κ3) is 3.08. The summed E-state index contributed by atoms with van der Waals surface area (Å²) >= 11 is 0. The van der Waals surface area contributed by atoms with Crippen LogP contribution in [0.5, 0.6) is 0 Å². The lowest BCUT2D eigenvalue weighted by Gasteiger charge is -2.28. The van der Waals surface area contributed by atoms with Crippen molar-refractivity contribution in [2.45, 2.75) is 33.2 Å². The summed E-state index contributed by atoms with van der Waals surface area (Å²) in [7, 11) is 0. The quantitative estimate of drug-likeness (QED) is 0.814. The zero-order valence-electron chi connectivity index (χ0n) is 12.6. The van der Waals surface area contributed by atoms with E-state index in [1.54, 1.807) is 0 Å². The van der Waals surface area contributed by atoms with Gasteiger partial charge in [-0.25, -0.2) is 0 Å². The predicted molar refractivity (Wildman–Crippen MR) is 79.3 cm³/mol. The van der Waals surface area contributed by atoms with Gasteiger partial charge in [0, 0.05) is 10.7 Å². The Hall–Kier alpha value is -1.88. The fraction of sp³-hybridized carbons (Fsp3) is 0.500. The second-order valence-electron chi connectivity index (χ2n) is 6.05. The van der Waals surface area contributed by atoms with E-state index in [9.17, 15) is 5.21 Å². The van der Waals surface area contributed by atoms with Crippen molar-refractivity contribution in [3.63, 3.8) is 0 Å². The number of hydrogen-bond donors (Lipinski definition) is 0. The minimum atomic E-state index is 0.524. The van der Waals surface area contributed by atoms with Gasteiger partial charge in [0.1, 0.15) is 0 Å². The van der Waals surface area contributed by atoms with Gasteiger partial charge in [-0.3, -0.25) is 9.53 Å². The van der Waals surface area contributed by atoms with Crippen molar-refractivity contribution in [1.82, 2.24) is 10.1 Å². The van der Waals surface area contributed by atoms with E-state index >= 15 is 0 Å². The molecule has 5 heteroatoms. The first-order valence-corrected chi connectivity index (χ1v) is 7.51. The highest BCUT2D eigenvalue weighted by molar-refractivity contribution is 5.59. The van der Waals surface area contributed by atoms with Crippen LogP contribution >= 0.6 is 0 Å². The summed E-state index contributed by atoms with van der Waals surface area (Å²) < 4.78 is 4.84. The lowest BCUT2D eigenvalue weighted by Crippen LogP contribution is -2.33. The molecule has 0 spiro atoms. The molecule has 2 heterocycles. The standard InChI is InChI=1S/C16H21N3O2/c1-12-6-8-18(9-7-12)11-15-16(19(20)21-17-15)14-5-3-4-13(2)10-14/h3-5,10,12H,6-9,11H2,1-2H3. The number of aromatic nitrogens is 2. The molecule has 112 valence electrons. The Bertz CT molecular complexity index is 616. The van der Waals surface area contributed by atoms with Gasteiger partial charge in [0.05, 0.1) is 6.54 Å². The van der Waals surface area contributed by atoms with Crippen LogP contribution in [0.3, 0.4) is 0 Å². The topological polar surface area (TPSA) is 56.2 Å². The molecule has 5 nitrogen and oxygen atoms in total. The molecule has 0 saturated carbocycles. The number of piperidine rings is 1. The molecule has 3 rings (SSSR count). The molecule has 0 bridgehead atoms.